The topological polar surface area (TPSA) is 112 Å². The van der Waals surface area contributed by atoms with Crippen LogP contribution in [0.3, 0.4) is 0 Å². The second-order valence-electron chi connectivity index (χ2n) is 15.1. The van der Waals surface area contributed by atoms with Crippen molar-refractivity contribution in [3.8, 4) is 0 Å². The second kappa shape index (κ2) is 8.28. The fourth-order valence-electron chi connectivity index (χ4n) is 10.3. The average Bonchev–Trinajstić information content (AvgIpc) is 2.72. The van der Waals surface area contributed by atoms with Gasteiger partial charge in [-0.05, 0) is 105 Å². The van der Waals surface area contributed by atoms with Crippen LogP contribution in [0.1, 0.15) is 113 Å². The molecule has 6 nitrogen and oxygen atoms in total. The first-order valence-electron chi connectivity index (χ1n) is 14.0. The van der Waals surface area contributed by atoms with Crippen molar-refractivity contribution in [2.24, 2.45) is 50.7 Å². The molecule has 204 valence electrons. The van der Waals surface area contributed by atoms with E-state index in [2.05, 4.69) is 34.6 Å². The molecular formula is C30H48O6. The van der Waals surface area contributed by atoms with Gasteiger partial charge in [-0.3, -0.25) is 14.4 Å². The largest absolute Gasteiger partial charge is 0.481 e. The molecule has 4 rings (SSSR count). The SMILES string of the molecule is CC1(C)CC[C@]2(C(=O)O)CC[C@]3(C)C(C(=O)C[C@@H]4[C@@](C)(CCC(=O)O)[C@H](C(C)(C)O)CC[C@]43C)[C@@H]2C1. The van der Waals surface area contributed by atoms with Crippen LogP contribution in [0.2, 0.25) is 0 Å². The number of carboxylic acid groups (broad SMARTS) is 2. The second-order valence-corrected chi connectivity index (χ2v) is 15.1. The van der Waals surface area contributed by atoms with Crippen molar-refractivity contribution in [1.82, 2.24) is 0 Å². The van der Waals surface area contributed by atoms with E-state index in [-0.39, 0.29) is 52.1 Å². The number of fused-ring (bicyclic) bond motifs is 5. The van der Waals surface area contributed by atoms with E-state index in [9.17, 15) is 29.7 Å². The molecule has 0 heterocycles. The van der Waals surface area contributed by atoms with Gasteiger partial charge in [0.25, 0.3) is 0 Å². The third-order valence-corrected chi connectivity index (χ3v) is 12.4. The van der Waals surface area contributed by atoms with E-state index in [1.165, 1.54) is 0 Å². The van der Waals surface area contributed by atoms with Crippen molar-refractivity contribution in [1.29, 1.82) is 0 Å². The zero-order valence-electron chi connectivity index (χ0n) is 23.4. The fourth-order valence-corrected chi connectivity index (χ4v) is 10.3. The minimum Gasteiger partial charge on any atom is -0.481 e. The summed E-state index contributed by atoms with van der Waals surface area (Å²) in [6, 6.07) is 0. The maximum absolute atomic E-state index is 14.3. The highest BCUT2D eigenvalue weighted by molar-refractivity contribution is 5.86. The summed E-state index contributed by atoms with van der Waals surface area (Å²) in [6.45, 7) is 14.7. The molecular weight excluding hydrogens is 456 g/mol. The lowest BCUT2D eigenvalue weighted by molar-refractivity contribution is -0.237. The Bertz CT molecular complexity index is 948. The van der Waals surface area contributed by atoms with Crippen LogP contribution in [-0.2, 0) is 14.4 Å². The number of ketones is 1. The molecule has 3 N–H and O–H groups in total. The molecule has 0 aromatic carbocycles. The minimum absolute atomic E-state index is 0.00841. The Labute approximate surface area is 216 Å². The van der Waals surface area contributed by atoms with Crippen molar-refractivity contribution < 1.29 is 29.7 Å². The Hall–Kier alpha value is -1.43. The quantitative estimate of drug-likeness (QED) is 0.427. The van der Waals surface area contributed by atoms with Crippen LogP contribution < -0.4 is 0 Å². The third-order valence-electron chi connectivity index (χ3n) is 12.4. The van der Waals surface area contributed by atoms with Gasteiger partial charge in [0.2, 0.25) is 0 Å². The Morgan fingerprint density at radius 3 is 2.11 bits per heavy atom. The van der Waals surface area contributed by atoms with Gasteiger partial charge in [-0.2, -0.15) is 0 Å². The van der Waals surface area contributed by atoms with Gasteiger partial charge in [-0.15, -0.1) is 0 Å². The maximum Gasteiger partial charge on any atom is 0.309 e. The summed E-state index contributed by atoms with van der Waals surface area (Å²) in [5.74, 6) is -2.01. The fraction of sp³-hybridized carbons (Fsp3) is 0.900. The first-order chi connectivity index (χ1) is 16.3. The van der Waals surface area contributed by atoms with E-state index in [4.69, 9.17) is 0 Å². The van der Waals surface area contributed by atoms with Crippen LogP contribution in [0.15, 0.2) is 0 Å². The number of aliphatic hydroxyl groups is 1. The number of hydrogen-bond donors (Lipinski definition) is 3. The molecule has 0 aromatic rings. The van der Waals surface area contributed by atoms with Crippen molar-refractivity contribution in [2.75, 3.05) is 0 Å². The molecule has 0 amide bonds. The standard InChI is InChI=1S/C30H48O6/c1-25(2)12-14-30(24(34)35)15-13-29(7)23(18(30)17-25)19(31)16-21-27(5,10-9-22(32)33)20(26(3,4)36)8-11-28(21,29)6/h18,20-21,23,36H,8-17H2,1-7H3,(H,32,33)(H,34,35)/t18-,20-,21+,23?,27-,28+,29+,30-/m0/s1. The predicted molar refractivity (Wildman–Crippen MR) is 137 cm³/mol. The van der Waals surface area contributed by atoms with Gasteiger partial charge in [-0.25, -0.2) is 0 Å². The first-order valence-corrected chi connectivity index (χ1v) is 14.0. The Morgan fingerprint density at radius 2 is 1.56 bits per heavy atom. The monoisotopic (exact) mass is 504 g/mol. The van der Waals surface area contributed by atoms with Gasteiger partial charge in [0.05, 0.1) is 11.0 Å². The lowest BCUT2D eigenvalue weighted by Crippen LogP contribution is -2.69. The molecule has 1 unspecified atom stereocenters. The van der Waals surface area contributed by atoms with E-state index in [0.717, 1.165) is 25.7 Å². The summed E-state index contributed by atoms with van der Waals surface area (Å²) in [5, 5.41) is 31.2. The molecule has 0 radical (unpaired) electrons. The molecule has 4 fully saturated rings. The molecule has 4 aliphatic rings. The number of Topliss-reactive ketones (excluding diaryl/α,β-unsaturated/α-hetero) is 1. The van der Waals surface area contributed by atoms with Gasteiger partial charge in [0.15, 0.2) is 0 Å². The van der Waals surface area contributed by atoms with E-state index in [1.807, 2.05) is 13.8 Å². The van der Waals surface area contributed by atoms with Crippen LogP contribution in [0.5, 0.6) is 0 Å². The molecule has 0 bridgehead atoms. The van der Waals surface area contributed by atoms with E-state index < -0.39 is 28.4 Å². The molecule has 6 heteroatoms. The van der Waals surface area contributed by atoms with Crippen LogP contribution >= 0.6 is 0 Å². The zero-order chi connectivity index (χ0) is 27.1. The normalized spacial score (nSPS) is 46.3. The summed E-state index contributed by atoms with van der Waals surface area (Å²) in [5.41, 5.74) is -2.87. The van der Waals surface area contributed by atoms with Gasteiger partial charge in [0.1, 0.15) is 5.78 Å². The average molecular weight is 505 g/mol. The van der Waals surface area contributed by atoms with Crippen LogP contribution in [0.4, 0.5) is 0 Å². The van der Waals surface area contributed by atoms with Gasteiger partial charge >= 0.3 is 11.9 Å². The highest BCUT2D eigenvalue weighted by atomic mass is 16.4. The number of aliphatic carboxylic acids is 2. The predicted octanol–water partition coefficient (Wildman–Crippen LogP) is 5.95. The summed E-state index contributed by atoms with van der Waals surface area (Å²) in [4.78, 5) is 38.7. The highest BCUT2D eigenvalue weighted by Gasteiger charge is 2.72. The first kappa shape index (κ1) is 27.6. The number of carbonyl (C=O) groups is 3. The highest BCUT2D eigenvalue weighted by Crippen LogP contribution is 2.75. The summed E-state index contributed by atoms with van der Waals surface area (Å²) < 4.78 is 0. The van der Waals surface area contributed by atoms with E-state index >= 15 is 0 Å². The molecule has 36 heavy (non-hydrogen) atoms. The van der Waals surface area contributed by atoms with Crippen molar-refractivity contribution in [3.05, 3.63) is 0 Å². The zero-order valence-corrected chi connectivity index (χ0v) is 23.4. The smallest absolute Gasteiger partial charge is 0.309 e. The van der Waals surface area contributed by atoms with Crippen LogP contribution in [-0.4, -0.2) is 38.6 Å². The van der Waals surface area contributed by atoms with Crippen molar-refractivity contribution in [3.63, 3.8) is 0 Å². The third kappa shape index (κ3) is 3.79. The molecule has 0 aliphatic heterocycles. The molecule has 4 saturated carbocycles. The summed E-state index contributed by atoms with van der Waals surface area (Å²) in [6.07, 6.45) is 6.03. The van der Waals surface area contributed by atoms with Crippen molar-refractivity contribution in [2.45, 2.75) is 118 Å². The molecule has 0 saturated heterocycles. The van der Waals surface area contributed by atoms with E-state index in [1.54, 1.807) is 0 Å². The lowest BCUT2D eigenvalue weighted by atomic mass is 9.32. The van der Waals surface area contributed by atoms with Crippen LogP contribution in [0.25, 0.3) is 0 Å². The minimum atomic E-state index is -0.978. The number of carboxylic acids is 2. The van der Waals surface area contributed by atoms with Gasteiger partial charge in [-0.1, -0.05) is 34.6 Å². The van der Waals surface area contributed by atoms with E-state index in [0.29, 0.717) is 32.1 Å². The summed E-state index contributed by atoms with van der Waals surface area (Å²) >= 11 is 0. The molecule has 0 aromatic heterocycles. The molecule has 0 spiro atoms. The Balaban J connectivity index is 1.82. The number of hydrogen-bond acceptors (Lipinski definition) is 4. The molecule has 4 aliphatic carbocycles. The summed E-state index contributed by atoms with van der Waals surface area (Å²) in [7, 11) is 0. The number of carbonyl (C=O) groups excluding carboxylic acids is 1. The lowest BCUT2D eigenvalue weighted by Gasteiger charge is -2.71. The number of rotatable bonds is 5. The molecule has 8 atom stereocenters. The van der Waals surface area contributed by atoms with Crippen molar-refractivity contribution >= 4 is 17.7 Å². The Morgan fingerprint density at radius 1 is 0.944 bits per heavy atom. The van der Waals surface area contributed by atoms with Gasteiger partial charge in [0, 0.05) is 18.8 Å². The van der Waals surface area contributed by atoms with Crippen LogP contribution in [0, 0.1) is 50.7 Å². The maximum atomic E-state index is 14.3. The Kier molecular flexibility index (Phi) is 6.35. The van der Waals surface area contributed by atoms with Gasteiger partial charge < -0.3 is 15.3 Å².